The normalized spacial score (nSPS) is 11.0. The van der Waals surface area contributed by atoms with Crippen molar-refractivity contribution in [1.29, 1.82) is 0 Å². The molecule has 0 atom stereocenters. The summed E-state index contributed by atoms with van der Waals surface area (Å²) in [4.78, 5) is 0. The maximum atomic E-state index is 9.87. The molecule has 120 valence electrons. The predicted molar refractivity (Wildman–Crippen MR) is 93.7 cm³/mol. The molecule has 0 amide bonds. The Balaban J connectivity index is 1.71. The van der Waals surface area contributed by atoms with Crippen LogP contribution < -0.4 is 4.74 Å². The average molecular weight is 300 g/mol. The lowest BCUT2D eigenvalue weighted by atomic mass is 10.1. The Morgan fingerprint density at radius 2 is 1.41 bits per heavy atom. The predicted octanol–water partition coefficient (Wildman–Crippen LogP) is 6.06. The van der Waals surface area contributed by atoms with Crippen LogP contribution in [0.2, 0.25) is 0 Å². The van der Waals surface area contributed by atoms with Crippen LogP contribution in [0.4, 0.5) is 0 Å². The van der Waals surface area contributed by atoms with Gasteiger partial charge in [-0.25, -0.2) is 0 Å². The number of hydrogen-bond donors (Lipinski definition) is 1. The van der Waals surface area contributed by atoms with Crippen molar-refractivity contribution in [3.8, 4) is 11.5 Å². The van der Waals surface area contributed by atoms with Crippen LogP contribution in [0, 0.1) is 0 Å². The molecule has 0 aliphatic heterocycles. The molecule has 0 saturated heterocycles. The Bertz CT molecular complexity index is 563. The largest absolute Gasteiger partial charge is 0.507 e. The number of phenols is 1. The van der Waals surface area contributed by atoms with Crippen molar-refractivity contribution in [3.05, 3.63) is 36.4 Å². The number of fused-ring (bicyclic) bond motifs is 1. The van der Waals surface area contributed by atoms with Gasteiger partial charge < -0.3 is 9.84 Å². The van der Waals surface area contributed by atoms with E-state index in [1.807, 2.05) is 30.3 Å². The van der Waals surface area contributed by atoms with Gasteiger partial charge in [0, 0.05) is 10.8 Å². The van der Waals surface area contributed by atoms with Gasteiger partial charge in [-0.1, -0.05) is 76.1 Å². The molecule has 0 spiro atoms. The minimum Gasteiger partial charge on any atom is -0.507 e. The second-order valence-electron chi connectivity index (χ2n) is 5.95. The Morgan fingerprint density at radius 3 is 2.18 bits per heavy atom. The average Bonchev–Trinajstić information content (AvgIpc) is 2.54. The third-order valence-corrected chi connectivity index (χ3v) is 4.11. The van der Waals surface area contributed by atoms with Crippen LogP contribution in [0.5, 0.6) is 11.5 Å². The molecule has 0 unspecified atom stereocenters. The summed E-state index contributed by atoms with van der Waals surface area (Å²) in [7, 11) is 0. The molecule has 0 aliphatic rings. The van der Waals surface area contributed by atoms with E-state index in [2.05, 4.69) is 6.92 Å². The van der Waals surface area contributed by atoms with Crippen LogP contribution in [0.15, 0.2) is 36.4 Å². The molecule has 2 heteroatoms. The summed E-state index contributed by atoms with van der Waals surface area (Å²) in [6.07, 6.45) is 10.4. The van der Waals surface area contributed by atoms with Crippen LogP contribution in [-0.4, -0.2) is 11.7 Å². The number of benzene rings is 2. The number of hydrogen-bond acceptors (Lipinski definition) is 2. The molecule has 2 nitrogen and oxygen atoms in total. The maximum absolute atomic E-state index is 9.87. The first-order valence-electron chi connectivity index (χ1n) is 8.66. The van der Waals surface area contributed by atoms with Crippen molar-refractivity contribution in [2.45, 2.75) is 58.3 Å². The lowest BCUT2D eigenvalue weighted by molar-refractivity contribution is 0.307. The molecule has 0 radical (unpaired) electrons. The van der Waals surface area contributed by atoms with Crippen molar-refractivity contribution in [3.63, 3.8) is 0 Å². The molecule has 2 aromatic carbocycles. The first kappa shape index (κ1) is 16.7. The second-order valence-corrected chi connectivity index (χ2v) is 5.95. The first-order valence-corrected chi connectivity index (χ1v) is 8.66. The highest BCUT2D eigenvalue weighted by atomic mass is 16.5. The molecule has 0 saturated carbocycles. The third kappa shape index (κ3) is 4.94. The van der Waals surface area contributed by atoms with Gasteiger partial charge in [0.2, 0.25) is 0 Å². The standard InChI is InChI=1S/C20H28O2/c1-2-3-4-5-6-7-8-9-16-22-20-15-11-12-17-18(20)13-10-14-19(17)21/h10-15,21H,2-9,16H2,1H3. The number of aromatic hydroxyl groups is 1. The molecule has 1 N–H and O–H groups in total. The molecule has 0 bridgehead atoms. The molecule has 2 rings (SSSR count). The SMILES string of the molecule is CCCCCCCCCCOc1cccc2c(O)cccc12. The van der Waals surface area contributed by atoms with Gasteiger partial charge in [-0.15, -0.1) is 0 Å². The Morgan fingerprint density at radius 1 is 0.773 bits per heavy atom. The van der Waals surface area contributed by atoms with Crippen LogP contribution in [0.1, 0.15) is 58.3 Å². The van der Waals surface area contributed by atoms with E-state index in [1.165, 1.54) is 44.9 Å². The van der Waals surface area contributed by atoms with Crippen molar-refractivity contribution in [2.24, 2.45) is 0 Å². The third-order valence-electron chi connectivity index (χ3n) is 4.11. The maximum Gasteiger partial charge on any atom is 0.127 e. The smallest absolute Gasteiger partial charge is 0.127 e. The minimum absolute atomic E-state index is 0.315. The van der Waals surface area contributed by atoms with Crippen molar-refractivity contribution in [2.75, 3.05) is 6.61 Å². The summed E-state index contributed by atoms with van der Waals surface area (Å²) in [5, 5.41) is 11.7. The van der Waals surface area contributed by atoms with Crippen LogP contribution >= 0.6 is 0 Å². The first-order chi connectivity index (χ1) is 10.8. The van der Waals surface area contributed by atoms with E-state index in [0.29, 0.717) is 5.75 Å². The van der Waals surface area contributed by atoms with E-state index >= 15 is 0 Å². The van der Waals surface area contributed by atoms with E-state index in [0.717, 1.165) is 29.5 Å². The van der Waals surface area contributed by atoms with Crippen molar-refractivity contribution in [1.82, 2.24) is 0 Å². The number of phenolic OH excluding ortho intramolecular Hbond substituents is 1. The summed E-state index contributed by atoms with van der Waals surface area (Å²) in [5.41, 5.74) is 0. The zero-order valence-corrected chi connectivity index (χ0v) is 13.7. The van der Waals surface area contributed by atoms with Crippen LogP contribution in [0.3, 0.4) is 0 Å². The molecule has 0 heterocycles. The second kappa shape index (κ2) is 9.34. The van der Waals surface area contributed by atoms with Gasteiger partial charge in [0.15, 0.2) is 0 Å². The quantitative estimate of drug-likeness (QED) is 0.540. The topological polar surface area (TPSA) is 29.5 Å². The minimum atomic E-state index is 0.315. The fourth-order valence-corrected chi connectivity index (χ4v) is 2.81. The van der Waals surface area contributed by atoms with E-state index in [9.17, 15) is 5.11 Å². The molecular formula is C20H28O2. The van der Waals surface area contributed by atoms with Gasteiger partial charge in [-0.05, 0) is 18.6 Å². The van der Waals surface area contributed by atoms with Crippen molar-refractivity contribution >= 4 is 10.8 Å². The van der Waals surface area contributed by atoms with Gasteiger partial charge in [-0.2, -0.15) is 0 Å². The highest BCUT2D eigenvalue weighted by molar-refractivity contribution is 5.92. The fraction of sp³-hybridized carbons (Fsp3) is 0.500. The molecule has 2 aromatic rings. The highest BCUT2D eigenvalue weighted by Gasteiger charge is 2.04. The summed E-state index contributed by atoms with van der Waals surface area (Å²) >= 11 is 0. The zero-order valence-electron chi connectivity index (χ0n) is 13.7. The highest BCUT2D eigenvalue weighted by Crippen LogP contribution is 2.31. The summed E-state index contributed by atoms with van der Waals surface area (Å²) < 4.78 is 5.91. The van der Waals surface area contributed by atoms with Gasteiger partial charge in [-0.3, -0.25) is 0 Å². The van der Waals surface area contributed by atoms with Gasteiger partial charge in [0.25, 0.3) is 0 Å². The molecular weight excluding hydrogens is 272 g/mol. The van der Waals surface area contributed by atoms with E-state index in [1.54, 1.807) is 6.07 Å². The van der Waals surface area contributed by atoms with Crippen LogP contribution in [-0.2, 0) is 0 Å². The van der Waals surface area contributed by atoms with Crippen LogP contribution in [0.25, 0.3) is 10.8 Å². The molecule has 0 fully saturated rings. The number of rotatable bonds is 10. The molecule has 22 heavy (non-hydrogen) atoms. The van der Waals surface area contributed by atoms with Gasteiger partial charge in [0.05, 0.1) is 6.61 Å². The lowest BCUT2D eigenvalue weighted by Gasteiger charge is -2.10. The Hall–Kier alpha value is -1.70. The van der Waals surface area contributed by atoms with E-state index < -0.39 is 0 Å². The fourth-order valence-electron chi connectivity index (χ4n) is 2.81. The Kier molecular flexibility index (Phi) is 7.08. The van der Waals surface area contributed by atoms with E-state index in [4.69, 9.17) is 4.74 Å². The van der Waals surface area contributed by atoms with Gasteiger partial charge in [0.1, 0.15) is 11.5 Å². The Labute approximate surface area is 134 Å². The lowest BCUT2D eigenvalue weighted by Crippen LogP contribution is -1.98. The number of ether oxygens (including phenoxy) is 1. The van der Waals surface area contributed by atoms with E-state index in [-0.39, 0.29) is 0 Å². The molecule has 0 aliphatic carbocycles. The summed E-state index contributed by atoms with van der Waals surface area (Å²) in [6, 6.07) is 11.4. The summed E-state index contributed by atoms with van der Waals surface area (Å²) in [5.74, 6) is 1.19. The molecule has 0 aromatic heterocycles. The summed E-state index contributed by atoms with van der Waals surface area (Å²) in [6.45, 7) is 3.01. The number of unbranched alkanes of at least 4 members (excludes halogenated alkanes) is 7. The monoisotopic (exact) mass is 300 g/mol. The van der Waals surface area contributed by atoms with Crippen molar-refractivity contribution < 1.29 is 9.84 Å². The zero-order chi connectivity index (χ0) is 15.6. The van der Waals surface area contributed by atoms with Gasteiger partial charge >= 0.3 is 0 Å².